The summed E-state index contributed by atoms with van der Waals surface area (Å²) >= 11 is 0. The topological polar surface area (TPSA) is 104 Å². The molecule has 0 fully saturated rings. The Hall–Kier alpha value is -2.71. The zero-order valence-electron chi connectivity index (χ0n) is 16.2. The molecule has 0 unspecified atom stereocenters. The standard InChI is InChI=1S/C20H25N3O4S/c1-14(2)23-28(26,27)18-10-8-17(9-11-18)20(25)22-13-19(24)21-12-16-6-4-15(3)5-7-16/h4-11,14,23H,12-13H2,1-3H3,(H,21,24)(H,22,25). The lowest BCUT2D eigenvalue weighted by molar-refractivity contribution is -0.120. The minimum Gasteiger partial charge on any atom is -0.350 e. The number of sulfonamides is 1. The quantitative estimate of drug-likeness (QED) is 0.624. The monoisotopic (exact) mass is 403 g/mol. The van der Waals surface area contributed by atoms with Crippen molar-refractivity contribution in [3.63, 3.8) is 0 Å². The maximum absolute atomic E-state index is 12.1. The first-order chi connectivity index (χ1) is 13.2. The fourth-order valence-electron chi connectivity index (χ4n) is 2.40. The minimum absolute atomic E-state index is 0.0774. The molecule has 0 aliphatic heterocycles. The zero-order chi connectivity index (χ0) is 20.7. The van der Waals surface area contributed by atoms with E-state index < -0.39 is 15.9 Å². The molecule has 0 atom stereocenters. The summed E-state index contributed by atoms with van der Waals surface area (Å²) < 4.78 is 26.6. The van der Waals surface area contributed by atoms with Gasteiger partial charge in [-0.2, -0.15) is 0 Å². The van der Waals surface area contributed by atoms with E-state index in [1.807, 2.05) is 31.2 Å². The summed E-state index contributed by atoms with van der Waals surface area (Å²) in [5.74, 6) is -0.763. The molecule has 3 N–H and O–H groups in total. The smallest absolute Gasteiger partial charge is 0.251 e. The van der Waals surface area contributed by atoms with E-state index in [9.17, 15) is 18.0 Å². The Balaban J connectivity index is 1.85. The van der Waals surface area contributed by atoms with Crippen molar-refractivity contribution in [2.75, 3.05) is 6.54 Å². The molecule has 0 aliphatic carbocycles. The van der Waals surface area contributed by atoms with Crippen molar-refractivity contribution in [3.05, 3.63) is 65.2 Å². The number of carbonyl (C=O) groups is 2. The highest BCUT2D eigenvalue weighted by Gasteiger charge is 2.16. The molecule has 0 saturated carbocycles. The van der Waals surface area contributed by atoms with E-state index in [0.29, 0.717) is 6.54 Å². The normalized spacial score (nSPS) is 11.3. The second-order valence-corrected chi connectivity index (χ2v) is 8.46. The van der Waals surface area contributed by atoms with Crippen LogP contribution in [-0.4, -0.2) is 32.8 Å². The van der Waals surface area contributed by atoms with Crippen LogP contribution in [0.5, 0.6) is 0 Å². The molecule has 0 saturated heterocycles. The summed E-state index contributed by atoms with van der Waals surface area (Å²) in [6.45, 7) is 5.65. The van der Waals surface area contributed by atoms with Gasteiger partial charge < -0.3 is 10.6 Å². The Bertz CT molecular complexity index is 921. The Morgan fingerprint density at radius 2 is 1.54 bits per heavy atom. The van der Waals surface area contributed by atoms with Gasteiger partial charge in [0.2, 0.25) is 15.9 Å². The van der Waals surface area contributed by atoms with Gasteiger partial charge in [-0.3, -0.25) is 9.59 Å². The van der Waals surface area contributed by atoms with Crippen molar-refractivity contribution in [3.8, 4) is 0 Å². The molecule has 150 valence electrons. The highest BCUT2D eigenvalue weighted by Crippen LogP contribution is 2.11. The molecule has 8 heteroatoms. The molecule has 2 aromatic rings. The number of nitrogens with one attached hydrogen (secondary N) is 3. The molecule has 2 aromatic carbocycles. The Morgan fingerprint density at radius 3 is 2.11 bits per heavy atom. The lowest BCUT2D eigenvalue weighted by Crippen LogP contribution is -2.36. The second-order valence-electron chi connectivity index (χ2n) is 6.75. The molecule has 2 amide bonds. The van der Waals surface area contributed by atoms with Gasteiger partial charge in [0.25, 0.3) is 5.91 Å². The van der Waals surface area contributed by atoms with E-state index in [1.54, 1.807) is 13.8 Å². The van der Waals surface area contributed by atoms with E-state index in [-0.39, 0.29) is 29.0 Å². The number of rotatable bonds is 8. The fraction of sp³-hybridized carbons (Fsp3) is 0.300. The van der Waals surface area contributed by atoms with Gasteiger partial charge in [-0.05, 0) is 50.6 Å². The van der Waals surface area contributed by atoms with E-state index in [2.05, 4.69) is 15.4 Å². The zero-order valence-corrected chi connectivity index (χ0v) is 17.0. The molecule has 0 aliphatic rings. The van der Waals surface area contributed by atoms with Crippen LogP contribution in [0.1, 0.15) is 35.3 Å². The third-order valence-corrected chi connectivity index (χ3v) is 5.51. The molecule has 2 rings (SSSR count). The number of benzene rings is 2. The number of amides is 2. The third-order valence-electron chi connectivity index (χ3n) is 3.84. The fourth-order valence-corrected chi connectivity index (χ4v) is 3.65. The van der Waals surface area contributed by atoms with Gasteiger partial charge >= 0.3 is 0 Å². The average Bonchev–Trinajstić information content (AvgIpc) is 2.64. The maximum atomic E-state index is 12.1. The van der Waals surface area contributed by atoms with Crippen LogP contribution in [0.3, 0.4) is 0 Å². The molecule has 0 bridgehead atoms. The first kappa shape index (κ1) is 21.6. The van der Waals surface area contributed by atoms with Gasteiger partial charge in [-0.1, -0.05) is 29.8 Å². The lowest BCUT2D eigenvalue weighted by atomic mass is 10.1. The van der Waals surface area contributed by atoms with Crippen LogP contribution in [0.25, 0.3) is 0 Å². The molecule has 0 heterocycles. The number of carbonyl (C=O) groups excluding carboxylic acids is 2. The maximum Gasteiger partial charge on any atom is 0.251 e. The highest BCUT2D eigenvalue weighted by molar-refractivity contribution is 7.89. The van der Waals surface area contributed by atoms with Gasteiger partial charge in [0, 0.05) is 18.2 Å². The van der Waals surface area contributed by atoms with Crippen LogP contribution in [-0.2, 0) is 21.4 Å². The van der Waals surface area contributed by atoms with Gasteiger partial charge in [0.15, 0.2) is 0 Å². The first-order valence-electron chi connectivity index (χ1n) is 8.90. The largest absolute Gasteiger partial charge is 0.350 e. The van der Waals surface area contributed by atoms with Gasteiger partial charge in [0.05, 0.1) is 11.4 Å². The summed E-state index contributed by atoms with van der Waals surface area (Å²) in [4.78, 5) is 24.1. The van der Waals surface area contributed by atoms with Crippen LogP contribution in [0.2, 0.25) is 0 Å². The van der Waals surface area contributed by atoms with Gasteiger partial charge in [-0.15, -0.1) is 0 Å². The van der Waals surface area contributed by atoms with Crippen molar-refractivity contribution < 1.29 is 18.0 Å². The predicted octanol–water partition coefficient (Wildman–Crippen LogP) is 1.73. The molecule has 0 radical (unpaired) electrons. The minimum atomic E-state index is -3.61. The molecule has 0 spiro atoms. The number of hydrogen-bond donors (Lipinski definition) is 3. The summed E-state index contributed by atoms with van der Waals surface area (Å²) in [5, 5.41) is 5.25. The van der Waals surface area contributed by atoms with Gasteiger partial charge in [-0.25, -0.2) is 13.1 Å². The highest BCUT2D eigenvalue weighted by atomic mass is 32.2. The first-order valence-corrected chi connectivity index (χ1v) is 10.4. The van der Waals surface area contributed by atoms with E-state index in [4.69, 9.17) is 0 Å². The summed E-state index contributed by atoms with van der Waals surface area (Å²) in [5.41, 5.74) is 2.38. The van der Waals surface area contributed by atoms with Crippen LogP contribution in [0.4, 0.5) is 0 Å². The summed E-state index contributed by atoms with van der Waals surface area (Å²) in [7, 11) is -3.61. The van der Waals surface area contributed by atoms with Crippen molar-refractivity contribution in [1.29, 1.82) is 0 Å². The molecule has 0 aromatic heterocycles. The van der Waals surface area contributed by atoms with Crippen molar-refractivity contribution in [2.45, 2.75) is 38.3 Å². The summed E-state index contributed by atoms with van der Waals surface area (Å²) in [6.07, 6.45) is 0. The number of hydrogen-bond acceptors (Lipinski definition) is 4. The SMILES string of the molecule is Cc1ccc(CNC(=O)CNC(=O)c2ccc(S(=O)(=O)NC(C)C)cc2)cc1. The van der Waals surface area contributed by atoms with Crippen LogP contribution >= 0.6 is 0 Å². The number of aryl methyl sites for hydroxylation is 1. The molecular weight excluding hydrogens is 378 g/mol. The van der Waals surface area contributed by atoms with E-state index >= 15 is 0 Å². The lowest BCUT2D eigenvalue weighted by Gasteiger charge is -2.10. The van der Waals surface area contributed by atoms with Crippen LogP contribution in [0, 0.1) is 6.92 Å². The van der Waals surface area contributed by atoms with Crippen LogP contribution < -0.4 is 15.4 Å². The van der Waals surface area contributed by atoms with Gasteiger partial charge in [0.1, 0.15) is 0 Å². The Kier molecular flexibility index (Phi) is 7.31. The molecular formula is C20H25N3O4S. The average molecular weight is 404 g/mol. The van der Waals surface area contributed by atoms with E-state index in [1.165, 1.54) is 24.3 Å². The van der Waals surface area contributed by atoms with Crippen LogP contribution in [0.15, 0.2) is 53.4 Å². The Morgan fingerprint density at radius 1 is 0.929 bits per heavy atom. The second kappa shape index (κ2) is 9.48. The third kappa shape index (κ3) is 6.47. The summed E-state index contributed by atoms with van der Waals surface area (Å²) in [6, 6.07) is 13.1. The molecule has 7 nitrogen and oxygen atoms in total. The van der Waals surface area contributed by atoms with Crippen molar-refractivity contribution >= 4 is 21.8 Å². The molecule has 28 heavy (non-hydrogen) atoms. The van der Waals surface area contributed by atoms with Crippen molar-refractivity contribution in [2.24, 2.45) is 0 Å². The van der Waals surface area contributed by atoms with Crippen molar-refractivity contribution in [1.82, 2.24) is 15.4 Å². The van der Waals surface area contributed by atoms with E-state index in [0.717, 1.165) is 11.1 Å². The Labute approximate surface area is 165 Å². The predicted molar refractivity (Wildman–Crippen MR) is 107 cm³/mol.